The lowest BCUT2D eigenvalue weighted by Gasteiger charge is -2.17. The third kappa shape index (κ3) is 5.41. The number of carbonyl (C=O) groups excluding carboxylic acids is 1. The fraction of sp³-hybridized carbons (Fsp3) is 0.154. The lowest BCUT2D eigenvalue weighted by molar-refractivity contribution is 0.0939. The predicted molar refractivity (Wildman–Crippen MR) is 131 cm³/mol. The number of hydrogen-bond donors (Lipinski definition) is 2. The Morgan fingerprint density at radius 3 is 2.26 bits per heavy atom. The normalized spacial score (nSPS) is 13.2. The lowest BCUT2D eigenvalue weighted by Crippen LogP contribution is -2.28. The molecule has 4 aromatic rings. The summed E-state index contributed by atoms with van der Waals surface area (Å²) in [6.07, 6.45) is 5.29. The van der Waals surface area contributed by atoms with E-state index in [1.807, 2.05) is 72.3 Å². The number of hydrogen-bond acceptors (Lipinski definition) is 4. The second-order valence-corrected chi connectivity index (χ2v) is 9.75. The van der Waals surface area contributed by atoms with Crippen molar-refractivity contribution in [3.63, 3.8) is 0 Å². The third-order valence-corrected chi connectivity index (χ3v) is 7.12. The van der Waals surface area contributed by atoms with E-state index in [2.05, 4.69) is 15.0 Å². The van der Waals surface area contributed by atoms with Crippen LogP contribution in [0.25, 0.3) is 5.69 Å². The smallest absolute Gasteiger partial charge is 0.251 e. The summed E-state index contributed by atoms with van der Waals surface area (Å²) in [5.41, 5.74) is 3.03. The molecule has 0 radical (unpaired) electrons. The van der Waals surface area contributed by atoms with Crippen molar-refractivity contribution in [2.24, 2.45) is 0 Å². The second-order valence-electron chi connectivity index (χ2n) is 8.04. The molecule has 174 valence electrons. The number of imidazole rings is 1. The Balaban J connectivity index is 1.45. The highest BCUT2D eigenvalue weighted by Gasteiger charge is 2.20. The Hall–Kier alpha value is -3.75. The molecule has 7 nitrogen and oxygen atoms in total. The van der Waals surface area contributed by atoms with Crippen LogP contribution in [0.5, 0.6) is 0 Å². The molecule has 1 aromatic heterocycles. The first-order valence-electron chi connectivity index (χ1n) is 10.9. The van der Waals surface area contributed by atoms with Gasteiger partial charge in [-0.1, -0.05) is 48.5 Å². The summed E-state index contributed by atoms with van der Waals surface area (Å²) in [4.78, 5) is 17.0. The Bertz CT molecular complexity index is 1350. The number of nitrogens with one attached hydrogen (secondary N) is 2. The standard InChI is InChI=1S/C26H26N4O3S/c1-19(22-11-13-24(14-12-22)30-16-15-27-18-30)28-26(31)23-9-6-10-25(17-23)34(32,33)29-20(2)21-7-4-3-5-8-21/h3-20,29H,1-2H3,(H,28,31). The van der Waals surface area contributed by atoms with Gasteiger partial charge >= 0.3 is 0 Å². The zero-order valence-corrected chi connectivity index (χ0v) is 19.7. The highest BCUT2D eigenvalue weighted by Crippen LogP contribution is 2.19. The lowest BCUT2D eigenvalue weighted by atomic mass is 10.1. The van der Waals surface area contributed by atoms with Gasteiger partial charge in [-0.05, 0) is 55.3 Å². The van der Waals surface area contributed by atoms with Crippen molar-refractivity contribution in [2.75, 3.05) is 0 Å². The molecule has 2 unspecified atom stereocenters. The van der Waals surface area contributed by atoms with Crippen molar-refractivity contribution >= 4 is 15.9 Å². The monoisotopic (exact) mass is 474 g/mol. The van der Waals surface area contributed by atoms with E-state index in [4.69, 9.17) is 0 Å². The van der Waals surface area contributed by atoms with Gasteiger partial charge in [-0.15, -0.1) is 0 Å². The van der Waals surface area contributed by atoms with E-state index in [1.54, 1.807) is 31.6 Å². The summed E-state index contributed by atoms with van der Waals surface area (Å²) in [6, 6.07) is 22.5. The molecule has 3 aromatic carbocycles. The van der Waals surface area contributed by atoms with E-state index in [-0.39, 0.29) is 22.4 Å². The van der Waals surface area contributed by atoms with Crippen LogP contribution in [0.4, 0.5) is 0 Å². The van der Waals surface area contributed by atoms with Crippen molar-refractivity contribution < 1.29 is 13.2 Å². The quantitative estimate of drug-likeness (QED) is 0.396. The van der Waals surface area contributed by atoms with Gasteiger partial charge in [0.1, 0.15) is 0 Å². The van der Waals surface area contributed by atoms with Gasteiger partial charge in [-0.25, -0.2) is 18.1 Å². The topological polar surface area (TPSA) is 93.1 Å². The van der Waals surface area contributed by atoms with E-state index in [0.29, 0.717) is 0 Å². The molecule has 0 aliphatic rings. The van der Waals surface area contributed by atoms with Gasteiger partial charge in [0.25, 0.3) is 5.91 Å². The number of sulfonamides is 1. The van der Waals surface area contributed by atoms with Crippen molar-refractivity contribution in [1.29, 1.82) is 0 Å². The average Bonchev–Trinajstić information content (AvgIpc) is 3.39. The van der Waals surface area contributed by atoms with Crippen LogP contribution in [0, 0.1) is 0 Å². The van der Waals surface area contributed by atoms with E-state index in [1.165, 1.54) is 12.1 Å². The number of carbonyl (C=O) groups is 1. The molecule has 1 amide bonds. The summed E-state index contributed by atoms with van der Waals surface area (Å²) >= 11 is 0. The number of aromatic nitrogens is 2. The van der Waals surface area contributed by atoms with Crippen LogP contribution in [0.15, 0.2) is 102 Å². The fourth-order valence-corrected chi connectivity index (χ4v) is 4.90. The summed E-state index contributed by atoms with van der Waals surface area (Å²) in [7, 11) is -3.81. The van der Waals surface area contributed by atoms with E-state index in [0.717, 1.165) is 16.8 Å². The minimum atomic E-state index is -3.81. The molecule has 0 saturated carbocycles. The molecule has 0 aliphatic carbocycles. The molecule has 2 atom stereocenters. The summed E-state index contributed by atoms with van der Waals surface area (Å²) in [6.45, 7) is 3.66. The van der Waals surface area contributed by atoms with Crippen LogP contribution in [-0.2, 0) is 10.0 Å². The zero-order valence-electron chi connectivity index (χ0n) is 18.9. The molecule has 34 heavy (non-hydrogen) atoms. The van der Waals surface area contributed by atoms with Crippen LogP contribution in [-0.4, -0.2) is 23.9 Å². The summed E-state index contributed by atoms with van der Waals surface area (Å²) in [5.74, 6) is -0.348. The van der Waals surface area contributed by atoms with Crippen molar-refractivity contribution in [3.05, 3.63) is 114 Å². The third-order valence-electron chi connectivity index (χ3n) is 5.58. The van der Waals surface area contributed by atoms with Crippen molar-refractivity contribution in [1.82, 2.24) is 19.6 Å². The molecule has 1 heterocycles. The van der Waals surface area contributed by atoms with Gasteiger partial charge in [-0.2, -0.15) is 0 Å². The number of nitrogens with zero attached hydrogens (tertiary/aromatic N) is 2. The minimum absolute atomic E-state index is 0.0419. The molecular weight excluding hydrogens is 448 g/mol. The molecule has 0 fully saturated rings. The summed E-state index contributed by atoms with van der Waals surface area (Å²) < 4.78 is 30.4. The van der Waals surface area contributed by atoms with Crippen LogP contribution in [0.3, 0.4) is 0 Å². The Labute approximate surface area is 199 Å². The Kier molecular flexibility index (Phi) is 6.90. The first-order chi connectivity index (χ1) is 16.3. The van der Waals surface area contributed by atoms with Gasteiger partial charge in [0.2, 0.25) is 10.0 Å². The van der Waals surface area contributed by atoms with Gasteiger partial charge in [0.05, 0.1) is 17.3 Å². The molecule has 0 saturated heterocycles. The number of rotatable bonds is 8. The molecule has 0 bridgehead atoms. The molecule has 0 spiro atoms. The van der Waals surface area contributed by atoms with Crippen molar-refractivity contribution in [3.8, 4) is 5.69 Å². The zero-order chi connectivity index (χ0) is 24.1. The van der Waals surface area contributed by atoms with Gasteiger partial charge in [0.15, 0.2) is 0 Å². The highest BCUT2D eigenvalue weighted by molar-refractivity contribution is 7.89. The number of benzene rings is 3. The molecule has 2 N–H and O–H groups in total. The molecule has 0 aliphatic heterocycles. The maximum atomic E-state index is 12.9. The fourth-order valence-electron chi connectivity index (χ4n) is 3.63. The van der Waals surface area contributed by atoms with Crippen molar-refractivity contribution in [2.45, 2.75) is 30.8 Å². The Morgan fingerprint density at radius 1 is 0.882 bits per heavy atom. The first-order valence-corrected chi connectivity index (χ1v) is 12.4. The molecular formula is C26H26N4O3S. The molecule has 4 rings (SSSR count). The van der Waals surface area contributed by atoms with Gasteiger partial charge < -0.3 is 9.88 Å². The predicted octanol–water partition coefficient (Wildman–Crippen LogP) is 4.40. The maximum Gasteiger partial charge on any atom is 0.251 e. The maximum absolute atomic E-state index is 12.9. The Morgan fingerprint density at radius 2 is 1.59 bits per heavy atom. The van der Waals surface area contributed by atoms with Gasteiger partial charge in [0, 0.05) is 29.7 Å². The van der Waals surface area contributed by atoms with E-state index < -0.39 is 16.1 Å². The second kappa shape index (κ2) is 10.0. The number of amides is 1. The summed E-state index contributed by atoms with van der Waals surface area (Å²) in [5, 5.41) is 2.94. The van der Waals surface area contributed by atoms with Crippen LogP contribution in [0.2, 0.25) is 0 Å². The largest absolute Gasteiger partial charge is 0.346 e. The highest BCUT2D eigenvalue weighted by atomic mass is 32.2. The van der Waals surface area contributed by atoms with E-state index >= 15 is 0 Å². The minimum Gasteiger partial charge on any atom is -0.346 e. The van der Waals surface area contributed by atoms with E-state index in [9.17, 15) is 13.2 Å². The van der Waals surface area contributed by atoms with Crippen LogP contribution in [0.1, 0.15) is 47.4 Å². The molecule has 8 heteroatoms. The average molecular weight is 475 g/mol. The SMILES string of the molecule is CC(NC(=O)c1cccc(S(=O)(=O)NC(C)c2ccccc2)c1)c1ccc(-n2ccnc2)cc1. The van der Waals surface area contributed by atoms with Crippen LogP contribution >= 0.6 is 0 Å². The van der Waals surface area contributed by atoms with Gasteiger partial charge in [-0.3, -0.25) is 4.79 Å². The first kappa shape index (κ1) is 23.4. The van der Waals surface area contributed by atoms with Crippen LogP contribution < -0.4 is 10.0 Å².